The van der Waals surface area contributed by atoms with Gasteiger partial charge in [0.15, 0.2) is 5.13 Å². The summed E-state index contributed by atoms with van der Waals surface area (Å²) in [5.41, 5.74) is 1.86. The van der Waals surface area contributed by atoms with Crippen LogP contribution in [-0.2, 0) is 14.8 Å². The van der Waals surface area contributed by atoms with Crippen LogP contribution in [0.3, 0.4) is 0 Å². The lowest BCUT2D eigenvalue weighted by atomic mass is 10.1. The zero-order valence-corrected chi connectivity index (χ0v) is 20.2. The second kappa shape index (κ2) is 10.7. The van der Waals surface area contributed by atoms with Crippen molar-refractivity contribution in [3.63, 3.8) is 0 Å². The Hall–Kier alpha value is -3.08. The highest BCUT2D eigenvalue weighted by atomic mass is 32.2. The average Bonchev–Trinajstić information content (AvgIpc) is 3.27. The number of anilines is 1. The monoisotopic (exact) mass is 486 g/mol. The van der Waals surface area contributed by atoms with Crippen LogP contribution in [-0.4, -0.2) is 49.7 Å². The molecule has 1 atom stereocenters. The molecule has 0 bridgehead atoms. The Balaban J connectivity index is 1.72. The fraction of sp³-hybridized carbons (Fsp3) is 0.261. The van der Waals surface area contributed by atoms with E-state index < -0.39 is 22.0 Å². The molecule has 3 aromatic rings. The number of benzene rings is 2. The number of nitrogens with one attached hydrogen (secondary N) is 2. The molecule has 33 heavy (non-hydrogen) atoms. The van der Waals surface area contributed by atoms with Crippen LogP contribution in [0.25, 0.3) is 11.3 Å². The molecule has 3 rings (SSSR count). The zero-order chi connectivity index (χ0) is 24.0. The predicted molar refractivity (Wildman–Crippen MR) is 130 cm³/mol. The van der Waals surface area contributed by atoms with Gasteiger partial charge in [-0.3, -0.25) is 9.59 Å². The first kappa shape index (κ1) is 24.6. The number of carbonyl (C=O) groups is 2. The summed E-state index contributed by atoms with van der Waals surface area (Å²) < 4.78 is 25.8. The van der Waals surface area contributed by atoms with Gasteiger partial charge in [0.2, 0.25) is 15.9 Å². The molecule has 2 amide bonds. The lowest BCUT2D eigenvalue weighted by Crippen LogP contribution is -2.43. The van der Waals surface area contributed by atoms with Gasteiger partial charge in [0.05, 0.1) is 10.6 Å². The third kappa shape index (κ3) is 6.04. The van der Waals surface area contributed by atoms with Crippen molar-refractivity contribution in [1.82, 2.24) is 14.6 Å². The Morgan fingerprint density at radius 3 is 2.48 bits per heavy atom. The highest BCUT2D eigenvalue weighted by Gasteiger charge is 2.23. The van der Waals surface area contributed by atoms with Crippen LogP contribution in [0.1, 0.15) is 30.1 Å². The number of aromatic nitrogens is 1. The normalized spacial score (nSPS) is 12.4. The minimum atomic E-state index is -3.68. The van der Waals surface area contributed by atoms with Gasteiger partial charge in [-0.15, -0.1) is 11.3 Å². The van der Waals surface area contributed by atoms with E-state index in [1.807, 2.05) is 42.6 Å². The van der Waals surface area contributed by atoms with Gasteiger partial charge in [-0.2, -0.15) is 0 Å². The number of nitrogens with zero attached hydrogens (tertiary/aromatic N) is 2. The lowest BCUT2D eigenvalue weighted by molar-refractivity contribution is -0.118. The van der Waals surface area contributed by atoms with Crippen molar-refractivity contribution in [2.24, 2.45) is 0 Å². The van der Waals surface area contributed by atoms with Crippen molar-refractivity contribution in [1.29, 1.82) is 0 Å². The molecule has 2 N–H and O–H groups in total. The molecule has 0 aliphatic heterocycles. The van der Waals surface area contributed by atoms with Crippen molar-refractivity contribution in [3.05, 3.63) is 65.5 Å². The SMILES string of the molecule is CCCC(NC(=O)c1cccc(S(=O)(=O)N(C)C)c1)C(=O)Nc1nc(-c2ccccc2)cs1. The van der Waals surface area contributed by atoms with E-state index in [0.717, 1.165) is 15.6 Å². The Morgan fingerprint density at radius 1 is 1.09 bits per heavy atom. The maximum atomic E-state index is 12.9. The minimum Gasteiger partial charge on any atom is -0.340 e. The van der Waals surface area contributed by atoms with E-state index in [9.17, 15) is 18.0 Å². The van der Waals surface area contributed by atoms with E-state index in [0.29, 0.717) is 18.0 Å². The predicted octanol–water partition coefficient (Wildman–Crippen LogP) is 3.60. The number of rotatable bonds is 9. The van der Waals surface area contributed by atoms with Gasteiger partial charge in [-0.25, -0.2) is 17.7 Å². The maximum Gasteiger partial charge on any atom is 0.251 e. The molecule has 8 nitrogen and oxygen atoms in total. The number of thiazole rings is 1. The van der Waals surface area contributed by atoms with Crippen LogP contribution in [0.2, 0.25) is 0 Å². The number of sulfonamides is 1. The largest absolute Gasteiger partial charge is 0.340 e. The summed E-state index contributed by atoms with van der Waals surface area (Å²) in [6, 6.07) is 14.6. The van der Waals surface area contributed by atoms with E-state index in [1.165, 1.54) is 49.7 Å². The standard InChI is InChI=1S/C23H26N4O4S2/c1-4-9-19(22(29)26-23-25-20(15-32-23)16-10-6-5-7-11-16)24-21(28)17-12-8-13-18(14-17)33(30,31)27(2)3/h5-8,10-15,19H,4,9H2,1-3H3,(H,24,28)(H,25,26,29). The number of hydrogen-bond acceptors (Lipinski definition) is 6. The number of carbonyl (C=O) groups excluding carboxylic acids is 2. The van der Waals surface area contributed by atoms with Gasteiger partial charge >= 0.3 is 0 Å². The molecule has 0 radical (unpaired) electrons. The van der Waals surface area contributed by atoms with Crippen molar-refractivity contribution in [3.8, 4) is 11.3 Å². The molecule has 0 aliphatic rings. The highest BCUT2D eigenvalue weighted by Crippen LogP contribution is 2.25. The maximum absolute atomic E-state index is 12.9. The molecule has 10 heteroatoms. The van der Waals surface area contributed by atoms with Crippen LogP contribution < -0.4 is 10.6 Å². The molecule has 0 aliphatic carbocycles. The fourth-order valence-corrected chi connectivity index (χ4v) is 4.74. The fourth-order valence-electron chi connectivity index (χ4n) is 3.07. The van der Waals surface area contributed by atoms with E-state index in [4.69, 9.17) is 0 Å². The van der Waals surface area contributed by atoms with Crippen LogP contribution in [0.15, 0.2) is 64.9 Å². The Bertz CT molecular complexity index is 1220. The molecule has 0 fully saturated rings. The van der Waals surface area contributed by atoms with Crippen molar-refractivity contribution in [2.45, 2.75) is 30.7 Å². The van der Waals surface area contributed by atoms with Crippen molar-refractivity contribution < 1.29 is 18.0 Å². The molecule has 1 unspecified atom stereocenters. The van der Waals surface area contributed by atoms with Gasteiger partial charge in [-0.1, -0.05) is 49.7 Å². The Morgan fingerprint density at radius 2 is 1.82 bits per heavy atom. The number of amides is 2. The van der Waals surface area contributed by atoms with Crippen LogP contribution in [0, 0.1) is 0 Å². The summed E-state index contributed by atoms with van der Waals surface area (Å²) in [5, 5.41) is 7.79. The first-order valence-electron chi connectivity index (χ1n) is 10.4. The van der Waals surface area contributed by atoms with E-state index >= 15 is 0 Å². The smallest absolute Gasteiger partial charge is 0.251 e. The minimum absolute atomic E-state index is 0.00729. The topological polar surface area (TPSA) is 108 Å². The molecular weight excluding hydrogens is 460 g/mol. The average molecular weight is 487 g/mol. The molecule has 174 valence electrons. The summed E-state index contributed by atoms with van der Waals surface area (Å²) in [5.74, 6) is -0.903. The quantitative estimate of drug-likeness (QED) is 0.480. The molecule has 1 aromatic heterocycles. The second-order valence-electron chi connectivity index (χ2n) is 7.52. The number of hydrogen-bond donors (Lipinski definition) is 2. The summed E-state index contributed by atoms with van der Waals surface area (Å²) in [7, 11) is -0.838. The molecule has 0 spiro atoms. The van der Waals surface area contributed by atoms with Gasteiger partial charge in [0.1, 0.15) is 6.04 Å². The first-order valence-corrected chi connectivity index (χ1v) is 12.7. The second-order valence-corrected chi connectivity index (χ2v) is 10.5. The Labute approximate surface area is 197 Å². The van der Waals surface area contributed by atoms with Gasteiger partial charge in [0.25, 0.3) is 5.91 Å². The molecule has 0 saturated heterocycles. The van der Waals surface area contributed by atoms with Crippen molar-refractivity contribution >= 4 is 38.3 Å². The third-order valence-corrected chi connectivity index (χ3v) is 7.45. The van der Waals surface area contributed by atoms with Crippen molar-refractivity contribution in [2.75, 3.05) is 19.4 Å². The van der Waals surface area contributed by atoms with Gasteiger partial charge in [-0.05, 0) is 24.6 Å². The molecule has 1 heterocycles. The van der Waals surface area contributed by atoms with Crippen LogP contribution in [0.4, 0.5) is 5.13 Å². The zero-order valence-electron chi connectivity index (χ0n) is 18.6. The van der Waals surface area contributed by atoms with E-state index in [2.05, 4.69) is 15.6 Å². The first-order chi connectivity index (χ1) is 15.7. The Kier molecular flexibility index (Phi) is 7.96. The van der Waals surface area contributed by atoms with E-state index in [-0.39, 0.29) is 16.4 Å². The van der Waals surface area contributed by atoms with Gasteiger partial charge < -0.3 is 10.6 Å². The summed E-state index contributed by atoms with van der Waals surface area (Å²) in [6.45, 7) is 1.91. The third-order valence-electron chi connectivity index (χ3n) is 4.88. The van der Waals surface area contributed by atoms with Crippen LogP contribution >= 0.6 is 11.3 Å². The van der Waals surface area contributed by atoms with Crippen LogP contribution in [0.5, 0.6) is 0 Å². The van der Waals surface area contributed by atoms with Gasteiger partial charge in [0, 0.05) is 30.6 Å². The highest BCUT2D eigenvalue weighted by molar-refractivity contribution is 7.89. The molecule has 2 aromatic carbocycles. The summed E-state index contributed by atoms with van der Waals surface area (Å²) in [4.78, 5) is 30.1. The lowest BCUT2D eigenvalue weighted by Gasteiger charge is -2.17. The molecule has 0 saturated carbocycles. The molecular formula is C23H26N4O4S2. The van der Waals surface area contributed by atoms with E-state index in [1.54, 1.807) is 0 Å². The summed E-state index contributed by atoms with van der Waals surface area (Å²) in [6.07, 6.45) is 1.09. The summed E-state index contributed by atoms with van der Waals surface area (Å²) >= 11 is 1.30.